The van der Waals surface area contributed by atoms with E-state index in [1.54, 1.807) is 11.9 Å². The van der Waals surface area contributed by atoms with Crippen molar-refractivity contribution in [2.75, 3.05) is 18.9 Å². The van der Waals surface area contributed by atoms with Crippen LogP contribution in [0.1, 0.15) is 18.4 Å². The summed E-state index contributed by atoms with van der Waals surface area (Å²) in [6.07, 6.45) is 1.04. The summed E-state index contributed by atoms with van der Waals surface area (Å²) in [7, 11) is 1.70. The van der Waals surface area contributed by atoms with Gasteiger partial charge in [-0.05, 0) is 18.6 Å². The minimum absolute atomic E-state index is 0.0506. The number of benzene rings is 1. The molecule has 1 aromatic rings. The largest absolute Gasteiger partial charge is 0.375 e. The highest BCUT2D eigenvalue weighted by Gasteiger charge is 2.25. The minimum Gasteiger partial charge on any atom is -0.375 e. The lowest BCUT2D eigenvalue weighted by Crippen LogP contribution is -2.43. The molecule has 7 heteroatoms. The summed E-state index contributed by atoms with van der Waals surface area (Å²) >= 11 is 0. The number of anilines is 1. The molecule has 1 aliphatic heterocycles. The first-order valence-corrected chi connectivity index (χ1v) is 6.20. The number of rotatable bonds is 3. The van der Waals surface area contributed by atoms with Gasteiger partial charge in [-0.2, -0.15) is 5.26 Å². The van der Waals surface area contributed by atoms with Gasteiger partial charge in [0.2, 0.25) is 5.91 Å². The quantitative estimate of drug-likeness (QED) is 0.665. The van der Waals surface area contributed by atoms with E-state index in [2.05, 4.69) is 5.32 Å². The van der Waals surface area contributed by atoms with Crippen molar-refractivity contribution in [1.82, 2.24) is 4.90 Å². The van der Waals surface area contributed by atoms with Crippen LogP contribution >= 0.6 is 0 Å². The van der Waals surface area contributed by atoms with Gasteiger partial charge in [-0.1, -0.05) is 0 Å². The molecule has 1 amide bonds. The first kappa shape index (κ1) is 13.8. The number of nitro benzene ring substituents is 1. The molecule has 0 aliphatic carbocycles. The number of nitrogens with one attached hydrogen (secondary N) is 1. The van der Waals surface area contributed by atoms with E-state index in [9.17, 15) is 14.9 Å². The molecule has 20 heavy (non-hydrogen) atoms. The van der Waals surface area contributed by atoms with E-state index < -0.39 is 4.92 Å². The highest BCUT2D eigenvalue weighted by molar-refractivity contribution is 5.77. The predicted octanol–water partition coefficient (Wildman–Crippen LogP) is 1.50. The molecule has 0 radical (unpaired) electrons. The Bertz CT molecular complexity index is 594. The van der Waals surface area contributed by atoms with Crippen LogP contribution in [0, 0.1) is 21.4 Å². The second-order valence-electron chi connectivity index (χ2n) is 4.76. The van der Waals surface area contributed by atoms with Crippen molar-refractivity contribution < 1.29 is 9.72 Å². The summed E-state index contributed by atoms with van der Waals surface area (Å²) < 4.78 is 0. The lowest BCUT2D eigenvalue weighted by Gasteiger charge is -2.30. The Balaban J connectivity index is 2.22. The number of likely N-dealkylation sites (N-methyl/N-ethyl adjacent to an activating group) is 1. The number of nitrogens with zero attached hydrogens (tertiary/aromatic N) is 3. The van der Waals surface area contributed by atoms with Crippen molar-refractivity contribution in [1.29, 1.82) is 5.26 Å². The van der Waals surface area contributed by atoms with Crippen LogP contribution in [0.25, 0.3) is 0 Å². The van der Waals surface area contributed by atoms with Crippen LogP contribution in [-0.4, -0.2) is 35.4 Å². The van der Waals surface area contributed by atoms with Gasteiger partial charge in [-0.25, -0.2) is 0 Å². The number of carbonyl (C=O) groups is 1. The Hall–Kier alpha value is -2.62. The van der Waals surface area contributed by atoms with Crippen LogP contribution in [0.3, 0.4) is 0 Å². The first-order chi connectivity index (χ1) is 9.51. The summed E-state index contributed by atoms with van der Waals surface area (Å²) in [6, 6.07) is 6.11. The zero-order chi connectivity index (χ0) is 14.7. The summed E-state index contributed by atoms with van der Waals surface area (Å²) in [5.74, 6) is 0.0725. The third-order valence-corrected chi connectivity index (χ3v) is 3.31. The number of hydrogen-bond donors (Lipinski definition) is 1. The molecule has 0 spiro atoms. The lowest BCUT2D eigenvalue weighted by molar-refractivity contribution is -0.384. The zero-order valence-electron chi connectivity index (χ0n) is 11.0. The van der Waals surface area contributed by atoms with Crippen molar-refractivity contribution in [3.8, 4) is 6.07 Å². The molecule has 1 aromatic carbocycles. The predicted molar refractivity (Wildman–Crippen MR) is 72.1 cm³/mol. The molecule has 1 aliphatic rings. The second kappa shape index (κ2) is 5.57. The molecule has 1 atom stereocenters. The molecule has 1 heterocycles. The van der Waals surface area contributed by atoms with Crippen molar-refractivity contribution in [2.24, 2.45) is 0 Å². The number of amides is 1. The Kier molecular flexibility index (Phi) is 3.84. The average Bonchev–Trinajstić information content (AvgIpc) is 2.42. The Labute approximate surface area is 115 Å². The van der Waals surface area contributed by atoms with Crippen LogP contribution in [0.5, 0.6) is 0 Å². The number of nitriles is 1. The monoisotopic (exact) mass is 274 g/mol. The third kappa shape index (κ3) is 2.85. The van der Waals surface area contributed by atoms with Gasteiger partial charge in [-0.15, -0.1) is 0 Å². The fourth-order valence-corrected chi connectivity index (χ4v) is 2.23. The standard InChI is InChI=1S/C13H14N4O3/c1-16-8-10(3-5-13(16)18)15-11-6-9(7-14)2-4-12(11)17(19)20/h2,4,6,10,15H,3,5,8H2,1H3. The number of carbonyl (C=O) groups excluding carboxylic acids is 1. The topological polar surface area (TPSA) is 99.3 Å². The van der Waals surface area contributed by atoms with Crippen LogP contribution in [0.15, 0.2) is 18.2 Å². The molecule has 0 saturated carbocycles. The van der Waals surface area contributed by atoms with Gasteiger partial charge in [0.25, 0.3) is 5.69 Å². The third-order valence-electron chi connectivity index (χ3n) is 3.31. The molecule has 1 fully saturated rings. The molecule has 1 N–H and O–H groups in total. The van der Waals surface area contributed by atoms with Crippen LogP contribution in [-0.2, 0) is 4.79 Å². The highest BCUT2D eigenvalue weighted by Crippen LogP contribution is 2.27. The Morgan fingerprint density at radius 2 is 2.30 bits per heavy atom. The van der Waals surface area contributed by atoms with E-state index in [0.29, 0.717) is 30.6 Å². The van der Waals surface area contributed by atoms with Crippen LogP contribution in [0.2, 0.25) is 0 Å². The van der Waals surface area contributed by atoms with Crippen molar-refractivity contribution in [3.63, 3.8) is 0 Å². The molecule has 1 saturated heterocycles. The lowest BCUT2D eigenvalue weighted by atomic mass is 10.0. The van der Waals surface area contributed by atoms with Crippen molar-refractivity contribution >= 4 is 17.3 Å². The maximum atomic E-state index is 11.4. The van der Waals surface area contributed by atoms with E-state index in [4.69, 9.17) is 5.26 Å². The van der Waals surface area contributed by atoms with E-state index in [1.807, 2.05) is 6.07 Å². The zero-order valence-corrected chi connectivity index (χ0v) is 11.0. The smallest absolute Gasteiger partial charge is 0.292 e. The molecule has 0 aromatic heterocycles. The number of likely N-dealkylation sites (tertiary alicyclic amines) is 1. The van der Waals surface area contributed by atoms with Gasteiger partial charge in [0, 0.05) is 32.1 Å². The Morgan fingerprint density at radius 1 is 1.55 bits per heavy atom. The van der Waals surface area contributed by atoms with Gasteiger partial charge < -0.3 is 10.2 Å². The van der Waals surface area contributed by atoms with Gasteiger partial charge >= 0.3 is 0 Å². The summed E-state index contributed by atoms with van der Waals surface area (Å²) in [4.78, 5) is 23.5. The average molecular weight is 274 g/mol. The fraction of sp³-hybridized carbons (Fsp3) is 0.385. The normalized spacial score (nSPS) is 18.5. The second-order valence-corrected chi connectivity index (χ2v) is 4.76. The fourth-order valence-electron chi connectivity index (χ4n) is 2.23. The van der Waals surface area contributed by atoms with Gasteiger partial charge in [-0.3, -0.25) is 14.9 Å². The van der Waals surface area contributed by atoms with Gasteiger partial charge in [0.1, 0.15) is 5.69 Å². The van der Waals surface area contributed by atoms with Crippen molar-refractivity contribution in [2.45, 2.75) is 18.9 Å². The van der Waals surface area contributed by atoms with Crippen molar-refractivity contribution in [3.05, 3.63) is 33.9 Å². The summed E-state index contributed by atoms with van der Waals surface area (Å²) in [6.45, 7) is 0.493. The number of hydrogen-bond acceptors (Lipinski definition) is 5. The molecule has 104 valence electrons. The molecule has 7 nitrogen and oxygen atoms in total. The van der Waals surface area contributed by atoms with Gasteiger partial charge in [0.15, 0.2) is 0 Å². The molecular weight excluding hydrogens is 260 g/mol. The van der Waals surface area contributed by atoms with E-state index in [1.165, 1.54) is 18.2 Å². The molecule has 0 bridgehead atoms. The number of nitro groups is 1. The Morgan fingerprint density at radius 3 is 2.90 bits per heavy atom. The minimum atomic E-state index is -0.485. The maximum Gasteiger partial charge on any atom is 0.292 e. The maximum absolute atomic E-state index is 11.4. The van der Waals surface area contributed by atoms with Crippen LogP contribution < -0.4 is 5.32 Å². The van der Waals surface area contributed by atoms with E-state index in [0.717, 1.165) is 0 Å². The number of piperidine rings is 1. The molecular formula is C13H14N4O3. The summed E-state index contributed by atoms with van der Waals surface area (Å²) in [5.41, 5.74) is 0.615. The molecule has 2 rings (SSSR count). The van der Waals surface area contributed by atoms with E-state index in [-0.39, 0.29) is 17.6 Å². The summed E-state index contributed by atoms with van der Waals surface area (Å²) in [5, 5.41) is 22.9. The van der Waals surface area contributed by atoms with Crippen LogP contribution in [0.4, 0.5) is 11.4 Å². The SMILES string of the molecule is CN1CC(Nc2cc(C#N)ccc2[N+](=O)[O-])CCC1=O. The molecule has 1 unspecified atom stereocenters. The first-order valence-electron chi connectivity index (χ1n) is 6.20. The van der Waals surface area contributed by atoms with Gasteiger partial charge in [0.05, 0.1) is 16.6 Å². The van der Waals surface area contributed by atoms with E-state index >= 15 is 0 Å². The highest BCUT2D eigenvalue weighted by atomic mass is 16.6.